The predicted octanol–water partition coefficient (Wildman–Crippen LogP) is 2.91. The minimum atomic E-state index is -0.966. The molecule has 2 amide bonds. The van der Waals surface area contributed by atoms with E-state index in [0.29, 0.717) is 13.0 Å². The van der Waals surface area contributed by atoms with E-state index in [2.05, 4.69) is 10.9 Å². The average molecular weight is 374 g/mol. The van der Waals surface area contributed by atoms with Gasteiger partial charge in [-0.1, -0.05) is 29.8 Å². The summed E-state index contributed by atoms with van der Waals surface area (Å²) >= 11 is 0. The zero-order valence-electron chi connectivity index (χ0n) is 15.3. The van der Waals surface area contributed by atoms with Gasteiger partial charge in [-0.2, -0.15) is 0 Å². The number of ether oxygens (including phenoxy) is 2. The number of para-hydroxylation sites is 1. The van der Waals surface area contributed by atoms with Gasteiger partial charge in [-0.15, -0.1) is 0 Å². The lowest BCUT2D eigenvalue weighted by Gasteiger charge is -2.15. The molecule has 2 aromatic rings. The highest BCUT2D eigenvalue weighted by molar-refractivity contribution is 5.84. The maximum atomic E-state index is 13.5. The van der Waals surface area contributed by atoms with Gasteiger partial charge in [0, 0.05) is 6.42 Å². The van der Waals surface area contributed by atoms with Crippen LogP contribution in [-0.4, -0.2) is 24.5 Å². The summed E-state index contributed by atoms with van der Waals surface area (Å²) < 4.78 is 24.3. The Balaban J connectivity index is 1.63. The zero-order chi connectivity index (χ0) is 19.6. The van der Waals surface area contributed by atoms with Crippen molar-refractivity contribution in [1.82, 2.24) is 10.9 Å². The summed E-state index contributed by atoms with van der Waals surface area (Å²) in [5, 5.41) is 0. The maximum Gasteiger partial charge on any atom is 0.279 e. The lowest BCUT2D eigenvalue weighted by molar-refractivity contribution is -0.132. The van der Waals surface area contributed by atoms with Crippen molar-refractivity contribution in [3.63, 3.8) is 0 Å². The first-order valence-corrected chi connectivity index (χ1v) is 8.65. The van der Waals surface area contributed by atoms with E-state index in [9.17, 15) is 14.0 Å². The normalized spacial score (nSPS) is 11.4. The highest BCUT2D eigenvalue weighted by Crippen LogP contribution is 2.17. The third-order valence-corrected chi connectivity index (χ3v) is 3.67. The number of halogens is 1. The molecule has 0 aliphatic rings. The Bertz CT molecular complexity index is 765. The molecular formula is C20H23FN2O4. The van der Waals surface area contributed by atoms with Gasteiger partial charge in [-0.3, -0.25) is 20.4 Å². The number of benzene rings is 2. The van der Waals surface area contributed by atoms with Crippen LogP contribution >= 0.6 is 0 Å². The van der Waals surface area contributed by atoms with E-state index < -0.39 is 17.8 Å². The van der Waals surface area contributed by atoms with Crippen LogP contribution in [0.2, 0.25) is 0 Å². The largest absolute Gasteiger partial charge is 0.494 e. The number of aryl methyl sites for hydroxylation is 1. The van der Waals surface area contributed by atoms with Crippen LogP contribution in [0.1, 0.15) is 25.3 Å². The van der Waals surface area contributed by atoms with Gasteiger partial charge >= 0.3 is 0 Å². The fourth-order valence-electron chi connectivity index (χ4n) is 2.14. The smallest absolute Gasteiger partial charge is 0.279 e. The summed E-state index contributed by atoms with van der Waals surface area (Å²) in [5.41, 5.74) is 5.71. The van der Waals surface area contributed by atoms with Crippen LogP contribution in [0.5, 0.6) is 11.5 Å². The molecule has 0 radical (unpaired) electrons. The van der Waals surface area contributed by atoms with Gasteiger partial charge in [0.15, 0.2) is 17.7 Å². The van der Waals surface area contributed by atoms with Crippen LogP contribution in [0, 0.1) is 12.7 Å². The first kappa shape index (κ1) is 20.2. The summed E-state index contributed by atoms with van der Waals surface area (Å²) in [5.74, 6) is -0.778. The van der Waals surface area contributed by atoms with E-state index in [4.69, 9.17) is 9.47 Å². The van der Waals surface area contributed by atoms with Crippen molar-refractivity contribution in [2.45, 2.75) is 32.8 Å². The van der Waals surface area contributed by atoms with Gasteiger partial charge in [0.25, 0.3) is 5.91 Å². The number of amides is 2. The molecule has 0 aliphatic heterocycles. The second-order valence-electron chi connectivity index (χ2n) is 5.99. The monoisotopic (exact) mass is 374 g/mol. The van der Waals surface area contributed by atoms with E-state index in [0.717, 1.165) is 11.3 Å². The van der Waals surface area contributed by atoms with E-state index >= 15 is 0 Å². The minimum absolute atomic E-state index is 0.0280. The highest BCUT2D eigenvalue weighted by Gasteiger charge is 2.16. The summed E-state index contributed by atoms with van der Waals surface area (Å²) in [7, 11) is 0. The fourth-order valence-corrected chi connectivity index (χ4v) is 2.14. The molecule has 0 saturated carbocycles. The molecule has 144 valence electrons. The van der Waals surface area contributed by atoms with Gasteiger partial charge in [0.1, 0.15) is 5.75 Å². The van der Waals surface area contributed by atoms with Gasteiger partial charge in [0.2, 0.25) is 5.91 Å². The van der Waals surface area contributed by atoms with E-state index in [-0.39, 0.29) is 18.1 Å². The van der Waals surface area contributed by atoms with Crippen molar-refractivity contribution >= 4 is 11.8 Å². The topological polar surface area (TPSA) is 76.7 Å². The molecule has 0 aromatic heterocycles. The molecule has 0 aliphatic carbocycles. The Morgan fingerprint density at radius 2 is 1.78 bits per heavy atom. The second-order valence-corrected chi connectivity index (χ2v) is 5.99. The van der Waals surface area contributed by atoms with Crippen LogP contribution < -0.4 is 20.3 Å². The maximum absolute atomic E-state index is 13.5. The summed E-state index contributed by atoms with van der Waals surface area (Å²) in [6, 6.07) is 13.4. The molecule has 6 nitrogen and oxygen atoms in total. The molecule has 0 heterocycles. The summed E-state index contributed by atoms with van der Waals surface area (Å²) in [6.07, 6.45) is -0.280. The number of carbonyl (C=O) groups excluding carboxylic acids is 2. The molecule has 27 heavy (non-hydrogen) atoms. The fraction of sp³-hybridized carbons (Fsp3) is 0.300. The zero-order valence-corrected chi connectivity index (χ0v) is 15.3. The van der Waals surface area contributed by atoms with Crippen LogP contribution in [0.3, 0.4) is 0 Å². The lowest BCUT2D eigenvalue weighted by Crippen LogP contribution is -2.47. The molecular weight excluding hydrogens is 351 g/mol. The number of hydrogen-bond acceptors (Lipinski definition) is 4. The van der Waals surface area contributed by atoms with Crippen molar-refractivity contribution in [2.75, 3.05) is 6.61 Å². The minimum Gasteiger partial charge on any atom is -0.494 e. The Hall–Kier alpha value is -3.09. The van der Waals surface area contributed by atoms with Gasteiger partial charge in [-0.05, 0) is 44.5 Å². The molecule has 0 bridgehead atoms. The molecule has 2 N–H and O–H groups in total. The van der Waals surface area contributed by atoms with Crippen molar-refractivity contribution in [1.29, 1.82) is 0 Å². The molecule has 1 atom stereocenters. The molecule has 0 fully saturated rings. The Kier molecular flexibility index (Phi) is 7.61. The van der Waals surface area contributed by atoms with Gasteiger partial charge in [0.05, 0.1) is 6.61 Å². The molecule has 0 saturated heterocycles. The number of hydrazine groups is 1. The first-order valence-electron chi connectivity index (χ1n) is 8.65. The van der Waals surface area contributed by atoms with Crippen molar-refractivity contribution in [3.8, 4) is 11.5 Å². The lowest BCUT2D eigenvalue weighted by atomic mass is 10.2. The standard InChI is InChI=1S/C20H23FN2O4/c1-14-9-11-16(12-10-14)26-13-5-8-19(24)22-23-20(25)15(2)27-18-7-4-3-6-17(18)21/h3-4,6-7,9-12,15H,5,8,13H2,1-2H3,(H,22,24)(H,23,25)/t15-/m1/s1. The number of nitrogens with one attached hydrogen (secondary N) is 2. The first-order chi connectivity index (χ1) is 13.0. The van der Waals surface area contributed by atoms with Crippen molar-refractivity contribution < 1.29 is 23.5 Å². The Morgan fingerprint density at radius 3 is 2.48 bits per heavy atom. The average Bonchev–Trinajstić information content (AvgIpc) is 2.66. The molecule has 7 heteroatoms. The third-order valence-electron chi connectivity index (χ3n) is 3.67. The van der Waals surface area contributed by atoms with Crippen LogP contribution in [0.15, 0.2) is 48.5 Å². The van der Waals surface area contributed by atoms with Crippen molar-refractivity contribution in [2.24, 2.45) is 0 Å². The van der Waals surface area contributed by atoms with E-state index in [1.54, 1.807) is 6.07 Å². The Labute approximate surface area is 157 Å². The summed E-state index contributed by atoms with van der Waals surface area (Å²) in [6.45, 7) is 3.84. The number of rotatable bonds is 8. The van der Waals surface area contributed by atoms with Crippen LogP contribution in [0.4, 0.5) is 4.39 Å². The molecule has 2 rings (SSSR count). The molecule has 0 unspecified atom stereocenters. The third kappa shape index (κ3) is 6.97. The van der Waals surface area contributed by atoms with E-state index in [1.807, 2.05) is 31.2 Å². The SMILES string of the molecule is Cc1ccc(OCCCC(=O)NNC(=O)[C@@H](C)Oc2ccccc2F)cc1. The van der Waals surface area contributed by atoms with Gasteiger partial charge in [-0.25, -0.2) is 4.39 Å². The highest BCUT2D eigenvalue weighted by atomic mass is 19.1. The predicted molar refractivity (Wildman–Crippen MR) is 98.7 cm³/mol. The van der Waals surface area contributed by atoms with Crippen molar-refractivity contribution in [3.05, 3.63) is 59.9 Å². The Morgan fingerprint density at radius 1 is 1.07 bits per heavy atom. The number of carbonyl (C=O) groups is 2. The quantitative estimate of drug-likeness (QED) is 0.550. The second kappa shape index (κ2) is 10.2. The van der Waals surface area contributed by atoms with E-state index in [1.165, 1.54) is 25.1 Å². The summed E-state index contributed by atoms with van der Waals surface area (Å²) in [4.78, 5) is 23.7. The molecule has 0 spiro atoms. The van der Waals surface area contributed by atoms with Crippen LogP contribution in [0.25, 0.3) is 0 Å². The molecule has 2 aromatic carbocycles. The number of hydrogen-bond donors (Lipinski definition) is 2. The van der Waals surface area contributed by atoms with Crippen LogP contribution in [-0.2, 0) is 9.59 Å². The van der Waals surface area contributed by atoms with Gasteiger partial charge < -0.3 is 9.47 Å².